The van der Waals surface area contributed by atoms with Gasteiger partial charge in [-0.1, -0.05) is 27.5 Å². The number of rotatable bonds is 5. The Morgan fingerprint density at radius 3 is 2.54 bits per heavy atom. The molecule has 7 heteroatoms. The van der Waals surface area contributed by atoms with Gasteiger partial charge in [0.25, 0.3) is 0 Å². The van der Waals surface area contributed by atoms with Crippen molar-refractivity contribution in [2.75, 3.05) is 19.5 Å². The highest BCUT2D eigenvalue weighted by atomic mass is 79.9. The largest absolute Gasteiger partial charge is 0.495 e. The van der Waals surface area contributed by atoms with E-state index < -0.39 is 0 Å². The number of carbonyl (C=O) groups is 1. The van der Waals surface area contributed by atoms with Crippen LogP contribution < -0.4 is 14.8 Å². The number of halogens is 3. The summed E-state index contributed by atoms with van der Waals surface area (Å²) in [5.41, 5.74) is 1.35. The van der Waals surface area contributed by atoms with E-state index >= 15 is 0 Å². The minimum absolute atomic E-state index is 0.283. The number of methoxy groups -OCH3 is 2. The molecule has 4 nitrogen and oxygen atoms in total. The maximum atomic E-state index is 12.1. The molecule has 0 bridgehead atoms. The van der Waals surface area contributed by atoms with E-state index in [0.717, 1.165) is 14.5 Å². The number of nitrogens with one attached hydrogen (secondary N) is 1. The Bertz CT molecular complexity index is 794. The second-order valence-corrected chi connectivity index (χ2v) is 6.86. The molecule has 0 spiro atoms. The average Bonchev–Trinajstić information content (AvgIpc) is 2.52. The van der Waals surface area contributed by atoms with E-state index in [0.29, 0.717) is 22.2 Å². The van der Waals surface area contributed by atoms with Crippen LogP contribution in [0.2, 0.25) is 5.02 Å². The second-order valence-electron chi connectivity index (χ2n) is 4.68. The summed E-state index contributed by atoms with van der Waals surface area (Å²) in [6, 6.07) is 8.76. The van der Waals surface area contributed by atoms with Gasteiger partial charge in [-0.2, -0.15) is 0 Å². The zero-order valence-corrected chi connectivity index (χ0v) is 16.8. The van der Waals surface area contributed by atoms with E-state index in [-0.39, 0.29) is 5.91 Å². The predicted octanol–water partition coefficient (Wildman–Crippen LogP) is 5.53. The van der Waals surface area contributed by atoms with Crippen molar-refractivity contribution in [2.24, 2.45) is 0 Å². The molecule has 126 valence electrons. The van der Waals surface area contributed by atoms with E-state index in [9.17, 15) is 4.79 Å². The summed E-state index contributed by atoms with van der Waals surface area (Å²) in [4.78, 5) is 12.1. The molecule has 0 aliphatic carbocycles. The van der Waals surface area contributed by atoms with E-state index in [1.807, 2.05) is 12.1 Å². The first kappa shape index (κ1) is 18.8. The summed E-state index contributed by atoms with van der Waals surface area (Å²) in [6.07, 6.45) is 3.10. The molecule has 1 amide bonds. The number of benzene rings is 2. The molecule has 0 heterocycles. The quantitative estimate of drug-likeness (QED) is 0.578. The standard InChI is InChI=1S/C17H14Br2ClNO3/c1-23-15-5-4-12(9-14(15)20)21-16(22)6-3-10-7-11(18)8-13(19)17(10)24-2/h3-9H,1-2H3,(H,21,22). The molecule has 0 saturated carbocycles. The average molecular weight is 476 g/mol. The molecule has 0 fully saturated rings. The van der Waals surface area contributed by atoms with E-state index in [1.165, 1.54) is 13.2 Å². The molecule has 1 N–H and O–H groups in total. The molecule has 0 unspecified atom stereocenters. The number of hydrogen-bond donors (Lipinski definition) is 1. The second kappa shape index (κ2) is 8.55. The molecule has 0 atom stereocenters. The number of ether oxygens (including phenoxy) is 2. The van der Waals surface area contributed by atoms with Gasteiger partial charge in [0, 0.05) is 21.8 Å². The Morgan fingerprint density at radius 2 is 1.92 bits per heavy atom. The SMILES string of the molecule is COc1ccc(NC(=O)C=Cc2cc(Br)cc(Br)c2OC)cc1Cl. The third kappa shape index (κ3) is 4.75. The molecule has 0 aliphatic rings. The fraction of sp³-hybridized carbons (Fsp3) is 0.118. The molecule has 2 aromatic rings. The number of anilines is 1. The maximum Gasteiger partial charge on any atom is 0.248 e. The highest BCUT2D eigenvalue weighted by molar-refractivity contribution is 9.11. The lowest BCUT2D eigenvalue weighted by Gasteiger charge is -2.08. The lowest BCUT2D eigenvalue weighted by molar-refractivity contribution is -0.111. The van der Waals surface area contributed by atoms with Crippen molar-refractivity contribution in [2.45, 2.75) is 0 Å². The lowest BCUT2D eigenvalue weighted by atomic mass is 10.2. The molecular formula is C17H14Br2ClNO3. The van der Waals surface area contributed by atoms with Gasteiger partial charge in [0.2, 0.25) is 5.91 Å². The molecule has 0 aromatic heterocycles. The summed E-state index contributed by atoms with van der Waals surface area (Å²) >= 11 is 12.9. The van der Waals surface area contributed by atoms with Gasteiger partial charge < -0.3 is 14.8 Å². The predicted molar refractivity (Wildman–Crippen MR) is 104 cm³/mol. The smallest absolute Gasteiger partial charge is 0.248 e. The van der Waals surface area contributed by atoms with Crippen LogP contribution in [0, 0.1) is 0 Å². The normalized spacial score (nSPS) is 10.7. The fourth-order valence-electron chi connectivity index (χ4n) is 2.01. The zero-order valence-electron chi connectivity index (χ0n) is 12.9. The van der Waals surface area contributed by atoms with E-state index in [1.54, 1.807) is 31.4 Å². The van der Waals surface area contributed by atoms with Crippen LogP contribution >= 0.6 is 43.5 Å². The van der Waals surface area contributed by atoms with Crippen molar-refractivity contribution in [3.05, 3.63) is 55.9 Å². The van der Waals surface area contributed by atoms with Gasteiger partial charge in [0.05, 0.1) is 23.7 Å². The zero-order chi connectivity index (χ0) is 17.7. The minimum atomic E-state index is -0.283. The number of amides is 1. The molecular weight excluding hydrogens is 461 g/mol. The molecule has 0 aliphatic heterocycles. The minimum Gasteiger partial charge on any atom is -0.495 e. The molecule has 24 heavy (non-hydrogen) atoms. The third-order valence-electron chi connectivity index (χ3n) is 3.07. The summed E-state index contributed by atoms with van der Waals surface area (Å²) in [5.74, 6) is 0.915. The van der Waals surface area contributed by atoms with E-state index in [2.05, 4.69) is 37.2 Å². The first-order chi connectivity index (χ1) is 11.4. The van der Waals surface area contributed by atoms with Crippen molar-refractivity contribution < 1.29 is 14.3 Å². The monoisotopic (exact) mass is 473 g/mol. The third-order valence-corrected chi connectivity index (χ3v) is 4.42. The van der Waals surface area contributed by atoms with Gasteiger partial charge in [-0.3, -0.25) is 4.79 Å². The van der Waals surface area contributed by atoms with Crippen LogP contribution in [0.25, 0.3) is 6.08 Å². The Hall–Kier alpha value is -1.50. The molecule has 0 radical (unpaired) electrons. The van der Waals surface area contributed by atoms with Crippen LogP contribution in [-0.2, 0) is 4.79 Å². The fourth-order valence-corrected chi connectivity index (χ4v) is 3.69. The topological polar surface area (TPSA) is 47.6 Å². The van der Waals surface area contributed by atoms with Crippen LogP contribution in [0.5, 0.6) is 11.5 Å². The van der Waals surface area contributed by atoms with Crippen LogP contribution in [0.15, 0.2) is 45.4 Å². The molecule has 0 saturated heterocycles. The number of hydrogen-bond acceptors (Lipinski definition) is 3. The molecule has 2 rings (SSSR count). The lowest BCUT2D eigenvalue weighted by Crippen LogP contribution is -2.07. The Morgan fingerprint density at radius 1 is 1.17 bits per heavy atom. The van der Waals surface area contributed by atoms with Crippen LogP contribution in [0.3, 0.4) is 0 Å². The Labute approximate surface area is 162 Å². The van der Waals surface area contributed by atoms with Gasteiger partial charge in [-0.05, 0) is 52.3 Å². The van der Waals surface area contributed by atoms with Crippen molar-refractivity contribution >= 4 is 61.1 Å². The number of carbonyl (C=O) groups excluding carboxylic acids is 1. The highest BCUT2D eigenvalue weighted by Gasteiger charge is 2.08. The van der Waals surface area contributed by atoms with Gasteiger partial charge >= 0.3 is 0 Å². The van der Waals surface area contributed by atoms with Gasteiger partial charge in [0.15, 0.2) is 0 Å². The van der Waals surface area contributed by atoms with Crippen molar-refractivity contribution in [3.63, 3.8) is 0 Å². The van der Waals surface area contributed by atoms with Crippen LogP contribution in [0.4, 0.5) is 5.69 Å². The summed E-state index contributed by atoms with van der Waals surface area (Å²) < 4.78 is 12.1. The highest BCUT2D eigenvalue weighted by Crippen LogP contribution is 2.33. The van der Waals surface area contributed by atoms with Crippen LogP contribution in [0.1, 0.15) is 5.56 Å². The van der Waals surface area contributed by atoms with E-state index in [4.69, 9.17) is 21.1 Å². The van der Waals surface area contributed by atoms with Crippen LogP contribution in [-0.4, -0.2) is 20.1 Å². The first-order valence-corrected chi connectivity index (χ1v) is 8.76. The van der Waals surface area contributed by atoms with Gasteiger partial charge in [-0.15, -0.1) is 0 Å². The maximum absolute atomic E-state index is 12.1. The van der Waals surface area contributed by atoms with Gasteiger partial charge in [0.1, 0.15) is 11.5 Å². The first-order valence-electron chi connectivity index (χ1n) is 6.80. The summed E-state index contributed by atoms with van der Waals surface area (Å²) in [7, 11) is 3.11. The Kier molecular flexibility index (Phi) is 6.71. The summed E-state index contributed by atoms with van der Waals surface area (Å²) in [5, 5.41) is 3.17. The van der Waals surface area contributed by atoms with Crippen molar-refractivity contribution in [1.29, 1.82) is 0 Å². The van der Waals surface area contributed by atoms with Crippen molar-refractivity contribution in [3.8, 4) is 11.5 Å². The molecule has 2 aromatic carbocycles. The van der Waals surface area contributed by atoms with Crippen molar-refractivity contribution in [1.82, 2.24) is 0 Å². The summed E-state index contributed by atoms with van der Waals surface area (Å²) in [6.45, 7) is 0. The van der Waals surface area contributed by atoms with Gasteiger partial charge in [-0.25, -0.2) is 0 Å². The Balaban J connectivity index is 2.15.